The van der Waals surface area contributed by atoms with E-state index in [1.54, 1.807) is 68.8 Å². The second-order valence-corrected chi connectivity index (χ2v) is 37.2. The first-order valence-electron chi connectivity index (χ1n) is 22.4. The third-order valence-corrected chi connectivity index (χ3v) is 42.0. The van der Waals surface area contributed by atoms with E-state index < -0.39 is 12.6 Å². The Bertz CT molecular complexity index is 643. The van der Waals surface area contributed by atoms with Gasteiger partial charge in [0.25, 0.3) is 0 Å². The van der Waals surface area contributed by atoms with E-state index in [1.165, 1.54) is 128 Å². The molecule has 0 fully saturated rings. The average Bonchev–Trinajstić information content (AvgIpc) is 2.99. The molecule has 0 aromatic carbocycles. The second-order valence-electron chi connectivity index (χ2n) is 18.8. The Balaban J connectivity index is 6.73. The topological polar surface area (TPSA) is 0 Å². The Morgan fingerprint density at radius 3 is 0.702 bits per heavy atom. The quantitative estimate of drug-likeness (QED) is 0.0456. The Kier molecular flexibility index (Phi) is 27.1. The van der Waals surface area contributed by atoms with Crippen LogP contribution in [0.15, 0.2) is 0 Å². The summed E-state index contributed by atoms with van der Waals surface area (Å²) in [6.07, 6.45) is 42.7. The normalized spacial score (nSPS) is 14.6. The Morgan fingerprint density at radius 1 is 0.298 bits per heavy atom. The zero-order valence-electron chi connectivity index (χ0n) is 35.5. The molecule has 0 atom stereocenters. The first-order valence-corrected chi connectivity index (χ1v) is 29.3. The van der Waals surface area contributed by atoms with E-state index >= 15 is 0 Å². The average molecular weight is 701 g/mol. The summed E-state index contributed by atoms with van der Waals surface area (Å²) in [6, 6.07) is 0. The molecule has 0 aromatic rings. The van der Waals surface area contributed by atoms with Gasteiger partial charge in [-0.1, -0.05) is 13.3 Å². The molecule has 0 unspecified atom stereocenters. The molecule has 0 saturated carbocycles. The van der Waals surface area contributed by atoms with Gasteiger partial charge in [-0.2, -0.15) is 0 Å². The van der Waals surface area contributed by atoms with Gasteiger partial charge in [0, 0.05) is 0 Å². The van der Waals surface area contributed by atoms with Crippen LogP contribution in [-0.2, 0) is 0 Å². The summed E-state index contributed by atoms with van der Waals surface area (Å²) in [5, 5.41) is 0. The van der Waals surface area contributed by atoms with Crippen molar-refractivity contribution in [2.24, 2.45) is 17.8 Å². The second kappa shape index (κ2) is 26.6. The van der Waals surface area contributed by atoms with Gasteiger partial charge in [0.15, 0.2) is 0 Å². The molecule has 0 radical (unpaired) electrons. The van der Waals surface area contributed by atoms with Crippen molar-refractivity contribution in [2.75, 3.05) is 49.8 Å². The zero-order valence-corrected chi connectivity index (χ0v) is 37.3. The van der Waals surface area contributed by atoms with Gasteiger partial charge in [-0.3, -0.25) is 0 Å². The predicted octanol–water partition coefficient (Wildman–Crippen LogP) is 17.0. The van der Waals surface area contributed by atoms with Crippen molar-refractivity contribution in [1.29, 1.82) is 0 Å². The number of unbranched alkanes of at least 4 members (excludes halogenated alkanes) is 20. The summed E-state index contributed by atoms with van der Waals surface area (Å²) in [5.74, 6) is 2.50. The van der Waals surface area contributed by atoms with Crippen LogP contribution >= 0.6 is 12.6 Å². The van der Waals surface area contributed by atoms with Crippen molar-refractivity contribution in [3.8, 4) is 0 Å². The van der Waals surface area contributed by atoms with Crippen molar-refractivity contribution in [3.05, 3.63) is 0 Å². The molecule has 0 aliphatic heterocycles. The van der Waals surface area contributed by atoms with Crippen LogP contribution in [0.1, 0.15) is 223 Å². The van der Waals surface area contributed by atoms with Gasteiger partial charge in [-0.05, 0) is 0 Å². The third kappa shape index (κ3) is 16.8. The van der Waals surface area contributed by atoms with E-state index in [1.807, 2.05) is 0 Å². The molecule has 0 amide bonds. The van der Waals surface area contributed by atoms with Crippen molar-refractivity contribution in [1.82, 2.24) is 0 Å². The van der Waals surface area contributed by atoms with Crippen LogP contribution in [0.2, 0.25) is 0 Å². The molecule has 0 bridgehead atoms. The molecular weight excluding hydrogens is 602 g/mol. The van der Waals surface area contributed by atoms with Crippen LogP contribution in [0.4, 0.5) is 0 Å². The van der Waals surface area contributed by atoms with E-state index in [0.29, 0.717) is 0 Å². The first kappa shape index (κ1) is 47.9. The third-order valence-electron chi connectivity index (χ3n) is 12.8. The van der Waals surface area contributed by atoms with E-state index in [2.05, 4.69) is 75.9 Å². The molecule has 0 aliphatic rings. The molecule has 0 rings (SSSR count). The van der Waals surface area contributed by atoms with Crippen LogP contribution in [0.5, 0.6) is 0 Å². The molecule has 0 saturated heterocycles. The van der Waals surface area contributed by atoms with Crippen LogP contribution in [-0.4, -0.2) is 49.8 Å². The van der Waals surface area contributed by atoms with Gasteiger partial charge in [0.05, 0.1) is 0 Å². The fourth-order valence-electron chi connectivity index (χ4n) is 11.2. The van der Waals surface area contributed by atoms with Crippen molar-refractivity contribution in [2.45, 2.75) is 223 Å². The molecule has 2 heteroatoms. The minimum absolute atomic E-state index is 0.834. The van der Waals surface area contributed by atoms with E-state index in [0.717, 1.165) is 17.8 Å². The van der Waals surface area contributed by atoms with Crippen molar-refractivity contribution < 1.29 is 0 Å². The van der Waals surface area contributed by atoms with Gasteiger partial charge in [0.2, 0.25) is 0 Å². The van der Waals surface area contributed by atoms with E-state index in [-0.39, 0.29) is 0 Å². The monoisotopic (exact) mass is 701 g/mol. The van der Waals surface area contributed by atoms with Gasteiger partial charge in [0.1, 0.15) is 0 Å². The first-order chi connectivity index (χ1) is 22.4. The molecular formula is C45H98P2. The summed E-state index contributed by atoms with van der Waals surface area (Å²) >= 11 is 0. The summed E-state index contributed by atoms with van der Waals surface area (Å²) in [4.78, 5) is 0. The molecule has 0 spiro atoms. The van der Waals surface area contributed by atoms with E-state index in [4.69, 9.17) is 0 Å². The van der Waals surface area contributed by atoms with Gasteiger partial charge < -0.3 is 0 Å². The van der Waals surface area contributed by atoms with Crippen LogP contribution in [0, 0.1) is 17.8 Å². The van der Waals surface area contributed by atoms with Crippen LogP contribution in [0.3, 0.4) is 0 Å². The minimum atomic E-state index is -2.10. The van der Waals surface area contributed by atoms with Crippen LogP contribution in [0.25, 0.3) is 0 Å². The fraction of sp³-hybridized carbons (Fsp3) is 1.00. The van der Waals surface area contributed by atoms with Crippen molar-refractivity contribution in [3.63, 3.8) is 0 Å². The fourth-order valence-corrected chi connectivity index (χ4v) is 43.5. The molecule has 0 heterocycles. The zero-order chi connectivity index (χ0) is 35.5. The molecule has 288 valence electrons. The summed E-state index contributed by atoms with van der Waals surface area (Å²) in [6.45, 7) is 28.5. The Morgan fingerprint density at radius 2 is 0.489 bits per heavy atom. The molecule has 0 aliphatic carbocycles. The van der Waals surface area contributed by atoms with Gasteiger partial charge in [-0.25, -0.2) is 0 Å². The maximum atomic E-state index is 3.14. The Hall–Kier alpha value is 0.860. The summed E-state index contributed by atoms with van der Waals surface area (Å²) in [7, 11) is 0. The number of rotatable bonds is 35. The molecule has 0 nitrogen and oxygen atoms in total. The van der Waals surface area contributed by atoms with Crippen molar-refractivity contribution >= 4 is 12.6 Å². The molecule has 47 heavy (non-hydrogen) atoms. The SMILES string of the molecule is CCCCCCCCCCCCCCP(CCCCCC)(CCCCCC)(CCCCCC)P(C)(CC(C)C)(CC(C)C)CC(C)C. The van der Waals surface area contributed by atoms with Gasteiger partial charge >= 0.3 is 290 Å². The summed E-state index contributed by atoms with van der Waals surface area (Å²) < 4.78 is 0. The predicted molar refractivity (Wildman–Crippen MR) is 232 cm³/mol. The molecule has 0 aromatic heterocycles. The summed E-state index contributed by atoms with van der Waals surface area (Å²) in [5.41, 5.74) is 0. The standard InChI is InChI=1S/C45H98P2/c1-12-16-20-24-25-26-27-28-29-30-31-35-39-47(36-32-21-17-13-2,37-33-22-18-14-3,38-34-23-19-15-4)46(11,40-43(5)6,41-44(7)8)42-45(9)10/h43-45H,12-42H2,1-11H3. The van der Waals surface area contributed by atoms with E-state index in [9.17, 15) is 0 Å². The molecule has 0 N–H and O–H groups in total. The van der Waals surface area contributed by atoms with Crippen LogP contribution < -0.4 is 0 Å². The maximum absolute atomic E-state index is 3.14. The number of hydrogen-bond acceptors (Lipinski definition) is 0. The number of hydrogen-bond donors (Lipinski definition) is 0. The van der Waals surface area contributed by atoms with Gasteiger partial charge in [-0.15, -0.1) is 0 Å². The Labute approximate surface area is 302 Å².